The van der Waals surface area contributed by atoms with Crippen LogP contribution in [0.1, 0.15) is 29.8 Å². The van der Waals surface area contributed by atoms with Crippen molar-refractivity contribution in [1.82, 2.24) is 23.8 Å². The highest BCUT2D eigenvalue weighted by atomic mass is 32.1. The van der Waals surface area contributed by atoms with Gasteiger partial charge in [-0.25, -0.2) is 14.8 Å². The van der Waals surface area contributed by atoms with E-state index in [9.17, 15) is 9.59 Å². The molecular formula is C29H24N6O4S. The van der Waals surface area contributed by atoms with Gasteiger partial charge in [0.05, 0.1) is 40.0 Å². The average Bonchev–Trinajstić information content (AvgIpc) is 3.67. The zero-order valence-corrected chi connectivity index (χ0v) is 22.4. The van der Waals surface area contributed by atoms with Crippen LogP contribution in [0.5, 0.6) is 5.75 Å². The number of carbonyl (C=O) groups excluding carboxylic acids is 1. The van der Waals surface area contributed by atoms with E-state index in [4.69, 9.17) is 19.7 Å². The van der Waals surface area contributed by atoms with Crippen molar-refractivity contribution in [2.45, 2.75) is 38.5 Å². The minimum atomic E-state index is -0.263. The van der Waals surface area contributed by atoms with Crippen molar-refractivity contribution >= 4 is 33.3 Å². The summed E-state index contributed by atoms with van der Waals surface area (Å²) in [6.07, 6.45) is 6.60. The van der Waals surface area contributed by atoms with Crippen molar-refractivity contribution in [2.75, 3.05) is 13.2 Å². The summed E-state index contributed by atoms with van der Waals surface area (Å²) in [5.41, 5.74) is 2.75. The van der Waals surface area contributed by atoms with Gasteiger partial charge in [-0.1, -0.05) is 23.5 Å². The Morgan fingerprint density at radius 1 is 1.23 bits per heavy atom. The highest BCUT2D eigenvalue weighted by Gasteiger charge is 2.39. The van der Waals surface area contributed by atoms with Crippen molar-refractivity contribution in [3.63, 3.8) is 0 Å². The topological polar surface area (TPSA) is 115 Å². The maximum Gasteiger partial charge on any atom is 0.410 e. The van der Waals surface area contributed by atoms with Crippen LogP contribution in [0, 0.1) is 18.3 Å². The van der Waals surface area contributed by atoms with Crippen LogP contribution in [0.15, 0.2) is 59.8 Å². The number of amides is 1. The molecule has 2 atom stereocenters. The Kier molecular flexibility index (Phi) is 5.78. The van der Waals surface area contributed by atoms with E-state index in [-0.39, 0.29) is 23.8 Å². The van der Waals surface area contributed by atoms with E-state index in [1.54, 1.807) is 33.9 Å². The second kappa shape index (κ2) is 9.50. The van der Waals surface area contributed by atoms with Gasteiger partial charge in [0.25, 0.3) is 5.56 Å². The van der Waals surface area contributed by atoms with Crippen molar-refractivity contribution in [3.05, 3.63) is 82.3 Å². The number of hydrogen-bond donors (Lipinski definition) is 0. The van der Waals surface area contributed by atoms with Gasteiger partial charge in [0.2, 0.25) is 0 Å². The van der Waals surface area contributed by atoms with Gasteiger partial charge in [-0.2, -0.15) is 5.26 Å². The Balaban J connectivity index is 1.30. The van der Waals surface area contributed by atoms with E-state index in [1.807, 2.05) is 41.9 Å². The van der Waals surface area contributed by atoms with E-state index in [0.29, 0.717) is 60.6 Å². The monoisotopic (exact) mass is 552 g/mol. The molecule has 2 fully saturated rings. The van der Waals surface area contributed by atoms with Crippen molar-refractivity contribution in [3.8, 4) is 22.3 Å². The number of aryl methyl sites for hydroxylation is 1. The number of fused-ring (bicyclic) bond motifs is 3. The summed E-state index contributed by atoms with van der Waals surface area (Å²) in [6, 6.07) is 13.0. The molecule has 0 radical (unpaired) electrons. The number of ether oxygens (including phenoxy) is 2. The number of nitrogens with zero attached hydrogens (tertiary/aromatic N) is 6. The molecule has 1 amide bonds. The number of thiazole rings is 1. The highest BCUT2D eigenvalue weighted by molar-refractivity contribution is 7.20. The molecule has 0 bridgehead atoms. The number of aromatic nitrogens is 4. The second-order valence-corrected chi connectivity index (χ2v) is 11.1. The lowest BCUT2D eigenvalue weighted by molar-refractivity contribution is 0.0941. The predicted molar refractivity (Wildman–Crippen MR) is 149 cm³/mol. The van der Waals surface area contributed by atoms with Crippen molar-refractivity contribution in [1.29, 1.82) is 5.26 Å². The molecule has 2 aliphatic heterocycles. The molecule has 200 valence electrons. The Morgan fingerprint density at radius 3 is 2.88 bits per heavy atom. The zero-order chi connectivity index (χ0) is 27.4. The van der Waals surface area contributed by atoms with Crippen LogP contribution in [0.4, 0.5) is 4.79 Å². The number of rotatable bonds is 5. The average molecular weight is 553 g/mol. The molecule has 0 N–H and O–H groups in total. The minimum Gasteiger partial charge on any atom is -0.490 e. The number of hydrogen-bond acceptors (Lipinski definition) is 8. The first-order chi connectivity index (χ1) is 19.5. The van der Waals surface area contributed by atoms with E-state index in [1.165, 1.54) is 11.3 Å². The van der Waals surface area contributed by atoms with Gasteiger partial charge in [-0.3, -0.25) is 13.8 Å². The van der Waals surface area contributed by atoms with Crippen LogP contribution >= 0.6 is 11.3 Å². The Bertz CT molecular complexity index is 1850. The SMILES string of the molecule is Cc1nc2cc(-c3cn4ccnc4s3)c(O[C@H]3CCN4C(=O)OC[C@@H]4C3)cc2c(=O)n1Cc1ccc(C#N)cc1. The standard InChI is InChI=1S/C29H24N6O4S/c1-17-32-24-11-23(26-15-33-9-7-31-28(33)40-26)25(39-21-6-8-34-20(10-21)16-38-29(34)37)12-22(24)27(36)35(17)14-19-4-2-18(13-30)3-5-19/h2-5,7,9,11-12,15,20-21H,6,8,10,14,16H2,1H3/t20-,21-/m0/s1. The van der Waals surface area contributed by atoms with Crippen LogP contribution < -0.4 is 10.3 Å². The molecule has 40 heavy (non-hydrogen) atoms. The van der Waals surface area contributed by atoms with Gasteiger partial charge in [0.1, 0.15) is 24.3 Å². The number of imidazole rings is 1. The van der Waals surface area contributed by atoms with Crippen LogP contribution in [-0.4, -0.2) is 55.2 Å². The van der Waals surface area contributed by atoms with Gasteiger partial charge in [-0.15, -0.1) is 0 Å². The summed E-state index contributed by atoms with van der Waals surface area (Å²) < 4.78 is 15.4. The fourth-order valence-electron chi connectivity index (χ4n) is 5.50. The molecule has 0 saturated carbocycles. The highest BCUT2D eigenvalue weighted by Crippen LogP contribution is 2.39. The Morgan fingerprint density at radius 2 is 2.08 bits per heavy atom. The molecule has 3 aromatic heterocycles. The lowest BCUT2D eigenvalue weighted by atomic mass is 10.0. The van der Waals surface area contributed by atoms with Gasteiger partial charge in [0, 0.05) is 43.5 Å². The van der Waals surface area contributed by atoms with E-state index in [2.05, 4.69) is 11.1 Å². The van der Waals surface area contributed by atoms with Crippen molar-refractivity contribution in [2.24, 2.45) is 0 Å². The molecule has 0 spiro atoms. The van der Waals surface area contributed by atoms with Gasteiger partial charge in [-0.05, 0) is 36.8 Å². The molecule has 2 saturated heterocycles. The van der Waals surface area contributed by atoms with Crippen LogP contribution in [0.3, 0.4) is 0 Å². The molecule has 2 aliphatic rings. The summed E-state index contributed by atoms with van der Waals surface area (Å²) in [5.74, 6) is 1.20. The maximum absolute atomic E-state index is 13.8. The third-order valence-electron chi connectivity index (χ3n) is 7.62. The predicted octanol–water partition coefficient (Wildman–Crippen LogP) is 4.36. The zero-order valence-electron chi connectivity index (χ0n) is 21.6. The first-order valence-electron chi connectivity index (χ1n) is 13.0. The number of benzene rings is 2. The molecule has 2 aromatic carbocycles. The molecule has 5 heterocycles. The maximum atomic E-state index is 13.8. The minimum absolute atomic E-state index is 0.00541. The first-order valence-corrected chi connectivity index (χ1v) is 13.9. The summed E-state index contributed by atoms with van der Waals surface area (Å²) in [4.78, 5) is 38.6. The number of cyclic esters (lactones) is 1. The lowest BCUT2D eigenvalue weighted by Crippen LogP contribution is -2.44. The normalized spacial score (nSPS) is 18.6. The van der Waals surface area contributed by atoms with E-state index < -0.39 is 0 Å². The fourth-order valence-corrected chi connectivity index (χ4v) is 6.47. The van der Waals surface area contributed by atoms with Crippen LogP contribution in [0.25, 0.3) is 26.3 Å². The molecule has 5 aromatic rings. The van der Waals surface area contributed by atoms with Crippen molar-refractivity contribution < 1.29 is 14.3 Å². The first kappa shape index (κ1) is 24.4. The second-order valence-electron chi connectivity index (χ2n) is 10.1. The summed E-state index contributed by atoms with van der Waals surface area (Å²) in [7, 11) is 0. The molecule has 0 aliphatic carbocycles. The largest absolute Gasteiger partial charge is 0.490 e. The van der Waals surface area contributed by atoms with Crippen LogP contribution in [-0.2, 0) is 11.3 Å². The molecule has 11 heteroatoms. The quantitative estimate of drug-likeness (QED) is 0.318. The third-order valence-corrected chi connectivity index (χ3v) is 8.67. The van der Waals surface area contributed by atoms with E-state index >= 15 is 0 Å². The molecule has 7 rings (SSSR count). The number of carbonyl (C=O) groups is 1. The summed E-state index contributed by atoms with van der Waals surface area (Å²) in [6.45, 7) is 3.11. The van der Waals surface area contributed by atoms with Gasteiger partial charge >= 0.3 is 6.09 Å². The van der Waals surface area contributed by atoms with Crippen LogP contribution in [0.2, 0.25) is 0 Å². The summed E-state index contributed by atoms with van der Waals surface area (Å²) >= 11 is 1.54. The number of nitriles is 1. The smallest absolute Gasteiger partial charge is 0.410 e. The lowest BCUT2D eigenvalue weighted by Gasteiger charge is -2.33. The van der Waals surface area contributed by atoms with Gasteiger partial charge < -0.3 is 14.4 Å². The third kappa shape index (κ3) is 4.17. The Labute approximate surface area is 232 Å². The van der Waals surface area contributed by atoms with E-state index in [0.717, 1.165) is 21.0 Å². The Hall–Kier alpha value is -4.69. The summed E-state index contributed by atoms with van der Waals surface area (Å²) in [5, 5.41) is 9.57. The molecule has 0 unspecified atom stereocenters. The van der Waals surface area contributed by atoms with Gasteiger partial charge in [0.15, 0.2) is 4.96 Å². The molecule has 10 nitrogen and oxygen atoms in total. The fraction of sp³-hybridized carbons (Fsp3) is 0.276. The molecular weight excluding hydrogens is 528 g/mol. The number of piperidine rings is 1.